The van der Waals surface area contributed by atoms with Gasteiger partial charge in [-0.25, -0.2) is 0 Å². The van der Waals surface area contributed by atoms with Crippen molar-refractivity contribution in [1.29, 1.82) is 0 Å². The molecule has 0 aliphatic heterocycles. The van der Waals surface area contributed by atoms with Gasteiger partial charge in [-0.2, -0.15) is 0 Å². The minimum absolute atomic E-state index is 0.294. The first kappa shape index (κ1) is 16.1. The highest BCUT2D eigenvalue weighted by Gasteiger charge is 2.17. The van der Waals surface area contributed by atoms with E-state index in [-0.39, 0.29) is 0 Å². The molecule has 2 nitrogen and oxygen atoms in total. The lowest BCUT2D eigenvalue weighted by molar-refractivity contribution is 0.524. The summed E-state index contributed by atoms with van der Waals surface area (Å²) in [5.41, 5.74) is 3.63. The maximum Gasteiger partial charge on any atom is 0.0758 e. The molecule has 108 valence electrons. The molecule has 1 unspecified atom stereocenters. The second kappa shape index (κ2) is 7.69. The number of nitrogens with zero attached hydrogens (tertiary/aromatic N) is 1. The third-order valence-corrected chi connectivity index (χ3v) is 5.47. The number of hydrogen-bond donors (Lipinski definition) is 1. The van der Waals surface area contributed by atoms with Crippen LogP contribution in [-0.2, 0) is 6.42 Å². The van der Waals surface area contributed by atoms with Crippen molar-refractivity contribution in [3.8, 4) is 0 Å². The standard InChI is InChI=1S/C15H18Br2N2S/c1-3-6-18-13(12-8-14(16)20-15(12)17)7-11-5-4-10(2)9-19-11/h4-5,8-9,13,18H,3,6-7H2,1-2H3. The van der Waals surface area contributed by atoms with Crippen molar-refractivity contribution in [2.45, 2.75) is 32.7 Å². The Kier molecular flexibility index (Phi) is 6.20. The molecule has 0 radical (unpaired) electrons. The number of aromatic nitrogens is 1. The van der Waals surface area contributed by atoms with E-state index < -0.39 is 0 Å². The number of pyridine rings is 1. The minimum atomic E-state index is 0.294. The molecule has 1 atom stereocenters. The lowest BCUT2D eigenvalue weighted by atomic mass is 10.0. The predicted octanol–water partition coefficient (Wildman–Crippen LogP) is 5.26. The molecule has 0 aromatic carbocycles. The van der Waals surface area contributed by atoms with E-state index >= 15 is 0 Å². The van der Waals surface area contributed by atoms with E-state index in [0.29, 0.717) is 6.04 Å². The largest absolute Gasteiger partial charge is 0.310 e. The Hall–Kier alpha value is -0.230. The molecule has 0 aliphatic rings. The van der Waals surface area contributed by atoms with E-state index in [9.17, 15) is 0 Å². The van der Waals surface area contributed by atoms with Crippen LogP contribution in [0, 0.1) is 6.92 Å². The van der Waals surface area contributed by atoms with Crippen molar-refractivity contribution < 1.29 is 0 Å². The molecule has 0 bridgehead atoms. The summed E-state index contributed by atoms with van der Waals surface area (Å²) in [5.74, 6) is 0. The molecule has 5 heteroatoms. The molecule has 2 aromatic rings. The number of nitrogens with one attached hydrogen (secondary N) is 1. The van der Waals surface area contributed by atoms with Gasteiger partial charge in [-0.3, -0.25) is 4.98 Å². The van der Waals surface area contributed by atoms with Gasteiger partial charge in [-0.15, -0.1) is 11.3 Å². The van der Waals surface area contributed by atoms with Gasteiger partial charge in [0, 0.05) is 24.4 Å². The van der Waals surface area contributed by atoms with Gasteiger partial charge >= 0.3 is 0 Å². The zero-order valence-electron chi connectivity index (χ0n) is 11.6. The summed E-state index contributed by atoms with van der Waals surface area (Å²) in [7, 11) is 0. The smallest absolute Gasteiger partial charge is 0.0758 e. The Morgan fingerprint density at radius 3 is 2.70 bits per heavy atom. The van der Waals surface area contributed by atoms with E-state index in [4.69, 9.17) is 0 Å². The van der Waals surface area contributed by atoms with Crippen LogP contribution >= 0.6 is 43.2 Å². The Morgan fingerprint density at radius 2 is 2.15 bits per heavy atom. The Morgan fingerprint density at radius 1 is 1.35 bits per heavy atom. The first-order valence-corrected chi connectivity index (χ1v) is 9.10. The highest BCUT2D eigenvalue weighted by molar-refractivity contribution is 9.12. The van der Waals surface area contributed by atoms with E-state index in [1.807, 2.05) is 6.20 Å². The van der Waals surface area contributed by atoms with Crippen LogP contribution in [0.3, 0.4) is 0 Å². The molecule has 20 heavy (non-hydrogen) atoms. The van der Waals surface area contributed by atoms with E-state index in [0.717, 1.165) is 28.9 Å². The first-order chi connectivity index (χ1) is 9.60. The van der Waals surface area contributed by atoms with Gasteiger partial charge in [0.1, 0.15) is 0 Å². The third-order valence-electron chi connectivity index (χ3n) is 3.09. The number of halogens is 2. The van der Waals surface area contributed by atoms with Gasteiger partial charge in [0.25, 0.3) is 0 Å². The molecule has 0 saturated carbocycles. The van der Waals surface area contributed by atoms with Crippen molar-refractivity contribution >= 4 is 43.2 Å². The van der Waals surface area contributed by atoms with Crippen LogP contribution in [0.5, 0.6) is 0 Å². The fourth-order valence-corrected chi connectivity index (χ4v) is 5.00. The van der Waals surface area contributed by atoms with Crippen LogP contribution in [0.15, 0.2) is 32.0 Å². The minimum Gasteiger partial charge on any atom is -0.310 e. The van der Waals surface area contributed by atoms with E-state index in [1.165, 1.54) is 14.9 Å². The second-order valence-corrected chi connectivity index (χ2v) is 8.57. The summed E-state index contributed by atoms with van der Waals surface area (Å²) >= 11 is 8.94. The maximum atomic E-state index is 4.52. The topological polar surface area (TPSA) is 24.9 Å². The van der Waals surface area contributed by atoms with Gasteiger partial charge < -0.3 is 5.32 Å². The normalized spacial score (nSPS) is 12.6. The maximum absolute atomic E-state index is 4.52. The predicted molar refractivity (Wildman–Crippen MR) is 93.4 cm³/mol. The fraction of sp³-hybridized carbons (Fsp3) is 0.400. The number of thiophene rings is 1. The molecular formula is C15H18Br2N2S. The van der Waals surface area contributed by atoms with Gasteiger partial charge in [-0.05, 0) is 75.0 Å². The number of aryl methyl sites for hydroxylation is 1. The molecule has 2 aromatic heterocycles. The summed E-state index contributed by atoms with van der Waals surface area (Å²) in [6.07, 6.45) is 3.97. The molecule has 2 heterocycles. The molecule has 1 N–H and O–H groups in total. The van der Waals surface area contributed by atoms with Crippen LogP contribution in [0.25, 0.3) is 0 Å². The highest BCUT2D eigenvalue weighted by Crippen LogP contribution is 2.36. The fourth-order valence-electron chi connectivity index (χ4n) is 2.03. The highest BCUT2D eigenvalue weighted by atomic mass is 79.9. The molecule has 0 aliphatic carbocycles. The molecule has 0 fully saturated rings. The first-order valence-electron chi connectivity index (χ1n) is 6.69. The Bertz CT molecular complexity index is 552. The van der Waals surface area contributed by atoms with Gasteiger partial charge in [0.05, 0.1) is 7.57 Å². The lowest BCUT2D eigenvalue weighted by Crippen LogP contribution is -2.24. The summed E-state index contributed by atoms with van der Waals surface area (Å²) in [4.78, 5) is 4.52. The molecule has 0 spiro atoms. The van der Waals surface area contributed by atoms with E-state index in [1.54, 1.807) is 11.3 Å². The van der Waals surface area contributed by atoms with Crippen LogP contribution in [0.2, 0.25) is 0 Å². The van der Waals surface area contributed by atoms with Crippen LogP contribution in [0.4, 0.5) is 0 Å². The number of hydrogen-bond acceptors (Lipinski definition) is 3. The molecule has 0 saturated heterocycles. The number of rotatable bonds is 6. The summed E-state index contributed by atoms with van der Waals surface area (Å²) < 4.78 is 2.34. The van der Waals surface area contributed by atoms with Crippen LogP contribution in [0.1, 0.15) is 36.2 Å². The SMILES string of the molecule is CCCNC(Cc1ccc(C)cn1)c1cc(Br)sc1Br. The molecule has 0 amide bonds. The third kappa shape index (κ3) is 4.38. The van der Waals surface area contributed by atoms with Crippen LogP contribution < -0.4 is 5.32 Å². The summed E-state index contributed by atoms with van der Waals surface area (Å²) in [6, 6.07) is 6.72. The Labute approximate surface area is 141 Å². The zero-order chi connectivity index (χ0) is 14.5. The monoisotopic (exact) mass is 416 g/mol. The van der Waals surface area contributed by atoms with Gasteiger partial charge in [-0.1, -0.05) is 13.0 Å². The van der Waals surface area contributed by atoms with Gasteiger partial charge in [0.2, 0.25) is 0 Å². The molecular weight excluding hydrogens is 400 g/mol. The summed E-state index contributed by atoms with van der Waals surface area (Å²) in [6.45, 7) is 5.26. The summed E-state index contributed by atoms with van der Waals surface area (Å²) in [5, 5.41) is 3.62. The average Bonchev–Trinajstić information content (AvgIpc) is 2.76. The zero-order valence-corrected chi connectivity index (χ0v) is 15.6. The van der Waals surface area contributed by atoms with E-state index in [2.05, 4.69) is 74.2 Å². The van der Waals surface area contributed by atoms with Crippen molar-refractivity contribution in [3.05, 3.63) is 48.8 Å². The van der Waals surface area contributed by atoms with Crippen molar-refractivity contribution in [2.24, 2.45) is 0 Å². The average molecular weight is 418 g/mol. The lowest BCUT2D eigenvalue weighted by Gasteiger charge is -2.18. The second-order valence-electron chi connectivity index (χ2n) is 4.82. The van der Waals surface area contributed by atoms with Gasteiger partial charge in [0.15, 0.2) is 0 Å². The van der Waals surface area contributed by atoms with Crippen LogP contribution in [-0.4, -0.2) is 11.5 Å². The van der Waals surface area contributed by atoms with Crippen molar-refractivity contribution in [2.75, 3.05) is 6.54 Å². The quantitative estimate of drug-likeness (QED) is 0.693. The van der Waals surface area contributed by atoms with Crippen molar-refractivity contribution in [1.82, 2.24) is 10.3 Å². The van der Waals surface area contributed by atoms with Crippen molar-refractivity contribution in [3.63, 3.8) is 0 Å². The molecule has 2 rings (SSSR count). The Balaban J connectivity index is 2.19.